The molecule has 2 saturated heterocycles. The van der Waals surface area contributed by atoms with Gasteiger partial charge in [-0.1, -0.05) is 25.1 Å². The zero-order chi connectivity index (χ0) is 19.6. The molecule has 3 heterocycles. The van der Waals surface area contributed by atoms with Gasteiger partial charge in [-0.05, 0) is 42.2 Å². The molecule has 2 atom stereocenters. The summed E-state index contributed by atoms with van der Waals surface area (Å²) in [6, 6.07) is 12.1. The Morgan fingerprint density at radius 2 is 2.14 bits per heavy atom. The van der Waals surface area contributed by atoms with Crippen LogP contribution < -0.4 is 4.74 Å². The molecule has 0 unspecified atom stereocenters. The lowest BCUT2D eigenvalue weighted by molar-refractivity contribution is -0.131. The summed E-state index contributed by atoms with van der Waals surface area (Å²) < 4.78 is 5.76. The third kappa shape index (κ3) is 4.20. The molecule has 2 aliphatic heterocycles. The molecule has 4 rings (SSSR count). The number of rotatable bonds is 6. The van der Waals surface area contributed by atoms with Crippen LogP contribution in [0.1, 0.15) is 24.5 Å². The van der Waals surface area contributed by atoms with Crippen molar-refractivity contribution in [3.05, 3.63) is 59.9 Å². The molecule has 2 aliphatic rings. The molecule has 0 radical (unpaired) electrons. The highest BCUT2D eigenvalue weighted by molar-refractivity contribution is 5.76. The average Bonchev–Trinajstić information content (AvgIpc) is 3.13. The topological polar surface area (TPSA) is 45.7 Å². The van der Waals surface area contributed by atoms with E-state index >= 15 is 0 Å². The molecule has 5 nitrogen and oxygen atoms in total. The number of aromatic nitrogens is 1. The molecule has 0 N–H and O–H groups in total. The molecule has 0 bridgehead atoms. The van der Waals surface area contributed by atoms with Gasteiger partial charge in [0, 0.05) is 50.5 Å². The summed E-state index contributed by atoms with van der Waals surface area (Å²) in [6.07, 6.45) is 4.20. The van der Waals surface area contributed by atoms with E-state index in [1.54, 1.807) is 0 Å². The minimum absolute atomic E-state index is 0.190. The van der Waals surface area contributed by atoms with Gasteiger partial charge in [0.25, 0.3) is 0 Å². The lowest BCUT2D eigenvalue weighted by Gasteiger charge is -2.25. The Morgan fingerprint density at radius 3 is 2.89 bits per heavy atom. The highest BCUT2D eigenvalue weighted by Gasteiger charge is 2.49. The maximum Gasteiger partial charge on any atom is 0.226 e. The lowest BCUT2D eigenvalue weighted by atomic mass is 9.83. The standard InChI is InChI=1S/C23H29N3O2/c1-18-5-3-7-21(11-18)28-10-8-22(27)26-15-20-14-25(16-23(20,2)17-26)13-19-6-4-9-24-12-19/h3-7,9,11-12,20H,8,10,13-17H2,1-2H3/t20-,23+/m0/s1. The molecule has 5 heteroatoms. The highest BCUT2D eigenvalue weighted by atomic mass is 16.5. The lowest BCUT2D eigenvalue weighted by Crippen LogP contribution is -2.36. The van der Waals surface area contributed by atoms with Crippen LogP contribution in [0, 0.1) is 18.3 Å². The van der Waals surface area contributed by atoms with Crippen LogP contribution in [0.3, 0.4) is 0 Å². The second kappa shape index (κ2) is 7.92. The number of pyridine rings is 1. The number of amides is 1. The van der Waals surface area contributed by atoms with E-state index in [4.69, 9.17) is 4.74 Å². The number of fused-ring (bicyclic) bond motifs is 1. The van der Waals surface area contributed by atoms with Crippen LogP contribution in [-0.4, -0.2) is 53.5 Å². The Kier molecular flexibility index (Phi) is 5.36. The average molecular weight is 380 g/mol. The van der Waals surface area contributed by atoms with Gasteiger partial charge in [-0.15, -0.1) is 0 Å². The van der Waals surface area contributed by atoms with Gasteiger partial charge < -0.3 is 9.64 Å². The molecule has 1 aromatic carbocycles. The summed E-state index contributed by atoms with van der Waals surface area (Å²) in [5.41, 5.74) is 2.61. The van der Waals surface area contributed by atoms with E-state index in [-0.39, 0.29) is 11.3 Å². The zero-order valence-electron chi connectivity index (χ0n) is 16.8. The first-order chi connectivity index (χ1) is 13.5. The van der Waals surface area contributed by atoms with Crippen LogP contribution in [-0.2, 0) is 11.3 Å². The molecular weight excluding hydrogens is 350 g/mol. The van der Waals surface area contributed by atoms with Gasteiger partial charge in [-0.25, -0.2) is 0 Å². The number of aryl methyl sites for hydroxylation is 1. The molecule has 0 aliphatic carbocycles. The number of carbonyl (C=O) groups excluding carboxylic acids is 1. The molecule has 28 heavy (non-hydrogen) atoms. The predicted molar refractivity (Wildman–Crippen MR) is 109 cm³/mol. The SMILES string of the molecule is Cc1cccc(OCCC(=O)N2C[C@@H]3CN(Cc4cccnc4)C[C@]3(C)C2)c1. The predicted octanol–water partition coefficient (Wildman–Crippen LogP) is 3.14. The van der Waals surface area contributed by atoms with E-state index < -0.39 is 0 Å². The second-order valence-electron chi connectivity index (χ2n) is 8.57. The monoisotopic (exact) mass is 379 g/mol. The van der Waals surface area contributed by atoms with Crippen molar-refractivity contribution in [2.24, 2.45) is 11.3 Å². The fraction of sp³-hybridized carbons (Fsp3) is 0.478. The molecule has 148 valence electrons. The fourth-order valence-corrected chi connectivity index (χ4v) is 4.64. The Bertz CT molecular complexity index is 826. The smallest absolute Gasteiger partial charge is 0.226 e. The van der Waals surface area contributed by atoms with Gasteiger partial charge in [0.05, 0.1) is 13.0 Å². The zero-order valence-corrected chi connectivity index (χ0v) is 16.8. The highest BCUT2D eigenvalue weighted by Crippen LogP contribution is 2.42. The van der Waals surface area contributed by atoms with E-state index in [1.165, 1.54) is 11.1 Å². The van der Waals surface area contributed by atoms with Crippen molar-refractivity contribution in [3.8, 4) is 5.75 Å². The first-order valence-electron chi connectivity index (χ1n) is 10.1. The Hall–Kier alpha value is -2.40. The van der Waals surface area contributed by atoms with Gasteiger partial charge in [0.1, 0.15) is 5.75 Å². The van der Waals surface area contributed by atoms with Gasteiger partial charge in [-0.3, -0.25) is 14.7 Å². The van der Waals surface area contributed by atoms with Crippen LogP contribution in [0.25, 0.3) is 0 Å². The summed E-state index contributed by atoms with van der Waals surface area (Å²) in [5, 5.41) is 0. The van der Waals surface area contributed by atoms with Gasteiger partial charge in [0.15, 0.2) is 0 Å². The fourth-order valence-electron chi connectivity index (χ4n) is 4.64. The summed E-state index contributed by atoms with van der Waals surface area (Å²) in [6.45, 7) is 9.56. The molecular formula is C23H29N3O2. The van der Waals surface area contributed by atoms with E-state index in [9.17, 15) is 4.79 Å². The Labute approximate surface area is 167 Å². The summed E-state index contributed by atoms with van der Waals surface area (Å²) in [5.74, 6) is 1.59. The second-order valence-corrected chi connectivity index (χ2v) is 8.57. The number of likely N-dealkylation sites (tertiary alicyclic amines) is 2. The van der Waals surface area contributed by atoms with Gasteiger partial charge in [-0.2, -0.15) is 0 Å². The Morgan fingerprint density at radius 1 is 1.25 bits per heavy atom. The van der Waals surface area contributed by atoms with Crippen molar-refractivity contribution in [3.63, 3.8) is 0 Å². The number of hydrogen-bond acceptors (Lipinski definition) is 4. The molecule has 2 fully saturated rings. The third-order valence-corrected chi connectivity index (χ3v) is 6.10. The first-order valence-corrected chi connectivity index (χ1v) is 10.1. The number of nitrogens with zero attached hydrogens (tertiary/aromatic N) is 3. The summed E-state index contributed by atoms with van der Waals surface area (Å²) >= 11 is 0. The molecule has 1 amide bonds. The van der Waals surface area contributed by atoms with Crippen molar-refractivity contribution in [2.75, 3.05) is 32.8 Å². The van der Waals surface area contributed by atoms with E-state index in [2.05, 4.69) is 22.9 Å². The number of carbonyl (C=O) groups is 1. The maximum atomic E-state index is 12.7. The van der Waals surface area contributed by atoms with E-state index in [0.29, 0.717) is 18.9 Å². The normalized spacial score (nSPS) is 24.4. The minimum Gasteiger partial charge on any atom is -0.493 e. The number of benzene rings is 1. The summed E-state index contributed by atoms with van der Waals surface area (Å²) in [4.78, 5) is 21.4. The van der Waals surface area contributed by atoms with Crippen molar-refractivity contribution < 1.29 is 9.53 Å². The minimum atomic E-state index is 0.190. The number of hydrogen-bond donors (Lipinski definition) is 0. The van der Waals surface area contributed by atoms with Crippen molar-refractivity contribution in [1.82, 2.24) is 14.8 Å². The van der Waals surface area contributed by atoms with Crippen LogP contribution in [0.4, 0.5) is 0 Å². The molecule has 1 aromatic heterocycles. The molecule has 0 saturated carbocycles. The van der Waals surface area contributed by atoms with Crippen LogP contribution in [0.2, 0.25) is 0 Å². The quantitative estimate of drug-likeness (QED) is 0.774. The maximum absolute atomic E-state index is 12.7. The van der Waals surface area contributed by atoms with Crippen molar-refractivity contribution >= 4 is 5.91 Å². The summed E-state index contributed by atoms with van der Waals surface area (Å²) in [7, 11) is 0. The Balaban J connectivity index is 1.26. The van der Waals surface area contributed by atoms with E-state index in [1.807, 2.05) is 54.5 Å². The third-order valence-electron chi connectivity index (χ3n) is 6.10. The van der Waals surface area contributed by atoms with Gasteiger partial charge >= 0.3 is 0 Å². The van der Waals surface area contributed by atoms with Crippen LogP contribution >= 0.6 is 0 Å². The van der Waals surface area contributed by atoms with Crippen molar-refractivity contribution in [2.45, 2.75) is 26.8 Å². The van der Waals surface area contributed by atoms with Crippen LogP contribution in [0.5, 0.6) is 5.75 Å². The van der Waals surface area contributed by atoms with Crippen LogP contribution in [0.15, 0.2) is 48.8 Å². The van der Waals surface area contributed by atoms with Gasteiger partial charge in [0.2, 0.25) is 5.91 Å². The van der Waals surface area contributed by atoms with Crippen molar-refractivity contribution in [1.29, 1.82) is 0 Å². The van der Waals surface area contributed by atoms with E-state index in [0.717, 1.165) is 38.5 Å². The molecule has 2 aromatic rings. The largest absolute Gasteiger partial charge is 0.493 e. The number of ether oxygens (including phenoxy) is 1. The first kappa shape index (κ1) is 18.9. The molecule has 0 spiro atoms.